The maximum absolute atomic E-state index is 12.8. The second kappa shape index (κ2) is 7.87. The number of hydrogen-bond acceptors (Lipinski definition) is 4. The fraction of sp³-hybridized carbons (Fsp3) is 0.318. The van der Waals surface area contributed by atoms with Crippen molar-refractivity contribution in [3.63, 3.8) is 0 Å². The molecular weight excluding hydrogens is 388 g/mol. The Labute approximate surface area is 174 Å². The number of halogens is 1. The van der Waals surface area contributed by atoms with Gasteiger partial charge in [0.1, 0.15) is 0 Å². The van der Waals surface area contributed by atoms with Gasteiger partial charge in [-0.3, -0.25) is 9.59 Å². The molecule has 0 saturated carbocycles. The second-order valence-corrected chi connectivity index (χ2v) is 8.00. The Bertz CT molecular complexity index is 1140. The minimum Gasteiger partial charge on any atom is -0.371 e. The minimum atomic E-state index is -0.255. The smallest absolute Gasteiger partial charge is 0.274 e. The number of nitrogens with one attached hydrogen (secondary N) is 1. The third-order valence-electron chi connectivity index (χ3n) is 5.52. The van der Waals surface area contributed by atoms with Crippen LogP contribution in [0.4, 0.5) is 5.69 Å². The Kier molecular flexibility index (Phi) is 5.28. The second-order valence-electron chi connectivity index (χ2n) is 7.56. The predicted molar refractivity (Wildman–Crippen MR) is 116 cm³/mol. The average molecular weight is 411 g/mol. The summed E-state index contributed by atoms with van der Waals surface area (Å²) in [7, 11) is 1.56. The highest BCUT2D eigenvalue weighted by molar-refractivity contribution is 6.30. The summed E-state index contributed by atoms with van der Waals surface area (Å²) in [5, 5.41) is 9.01. The van der Waals surface area contributed by atoms with Crippen LogP contribution in [0.5, 0.6) is 0 Å². The Morgan fingerprint density at radius 1 is 1.24 bits per heavy atom. The SMILES string of the molecule is Cc1ccc(Cl)cc1N1CCC(CNC(=O)c2nn(C)c(=O)c3ccccc23)C1. The lowest BCUT2D eigenvalue weighted by Crippen LogP contribution is -2.33. The molecule has 1 saturated heterocycles. The Morgan fingerprint density at radius 2 is 2.00 bits per heavy atom. The largest absolute Gasteiger partial charge is 0.371 e. The van der Waals surface area contributed by atoms with Gasteiger partial charge in [0.15, 0.2) is 5.69 Å². The van der Waals surface area contributed by atoms with Crippen LogP contribution >= 0.6 is 11.6 Å². The maximum atomic E-state index is 12.8. The number of nitrogens with zero attached hydrogens (tertiary/aromatic N) is 3. The molecule has 2 aromatic carbocycles. The summed E-state index contributed by atoms with van der Waals surface area (Å²) >= 11 is 6.16. The first-order chi connectivity index (χ1) is 13.9. The lowest BCUT2D eigenvalue weighted by Gasteiger charge is -2.21. The fourth-order valence-corrected chi connectivity index (χ4v) is 4.10. The number of anilines is 1. The quantitative estimate of drug-likeness (QED) is 0.717. The molecule has 1 atom stereocenters. The number of aromatic nitrogens is 2. The van der Waals surface area contributed by atoms with E-state index >= 15 is 0 Å². The number of hydrogen-bond donors (Lipinski definition) is 1. The number of carbonyl (C=O) groups is 1. The van der Waals surface area contributed by atoms with Gasteiger partial charge in [-0.05, 0) is 43.0 Å². The van der Waals surface area contributed by atoms with Crippen molar-refractivity contribution in [1.82, 2.24) is 15.1 Å². The topological polar surface area (TPSA) is 67.2 Å². The van der Waals surface area contributed by atoms with Crippen molar-refractivity contribution in [2.45, 2.75) is 13.3 Å². The standard InChI is InChI=1S/C22H23ClN4O2/c1-14-7-8-16(23)11-19(14)27-10-9-15(13-27)12-24-21(28)20-17-5-3-4-6-18(17)22(29)26(2)25-20/h3-8,11,15H,9-10,12-13H2,1-2H3,(H,24,28). The van der Waals surface area contributed by atoms with Crippen LogP contribution in [-0.2, 0) is 7.05 Å². The molecule has 1 unspecified atom stereocenters. The van der Waals surface area contributed by atoms with Crippen LogP contribution in [0.15, 0.2) is 47.3 Å². The van der Waals surface area contributed by atoms with Crippen molar-refractivity contribution in [3.05, 3.63) is 69.1 Å². The summed E-state index contributed by atoms with van der Waals surface area (Å²) in [6.07, 6.45) is 0.994. The highest BCUT2D eigenvalue weighted by Crippen LogP contribution is 2.29. The highest BCUT2D eigenvalue weighted by atomic mass is 35.5. The van der Waals surface area contributed by atoms with Gasteiger partial charge < -0.3 is 10.2 Å². The van der Waals surface area contributed by atoms with E-state index in [1.807, 2.05) is 24.3 Å². The molecule has 4 rings (SSSR count). The molecule has 1 aliphatic heterocycles. The van der Waals surface area contributed by atoms with Crippen LogP contribution in [0, 0.1) is 12.8 Å². The lowest BCUT2D eigenvalue weighted by molar-refractivity contribution is 0.0943. The Balaban J connectivity index is 1.46. The lowest BCUT2D eigenvalue weighted by atomic mass is 10.1. The molecule has 1 N–H and O–H groups in total. The normalized spacial score (nSPS) is 16.4. The van der Waals surface area contributed by atoms with E-state index in [2.05, 4.69) is 22.2 Å². The summed E-state index contributed by atoms with van der Waals surface area (Å²) in [6.45, 7) is 4.44. The van der Waals surface area contributed by atoms with Gasteiger partial charge in [0.25, 0.3) is 11.5 Å². The zero-order valence-corrected chi connectivity index (χ0v) is 17.2. The Morgan fingerprint density at radius 3 is 2.79 bits per heavy atom. The van der Waals surface area contributed by atoms with E-state index in [0.29, 0.717) is 23.2 Å². The average Bonchev–Trinajstić information content (AvgIpc) is 3.19. The first-order valence-corrected chi connectivity index (χ1v) is 10.1. The molecule has 7 heteroatoms. The summed E-state index contributed by atoms with van der Waals surface area (Å²) in [5.41, 5.74) is 2.42. The first-order valence-electron chi connectivity index (χ1n) is 9.69. The minimum absolute atomic E-state index is 0.208. The number of aryl methyl sites for hydroxylation is 2. The molecule has 0 bridgehead atoms. The van der Waals surface area contributed by atoms with E-state index in [-0.39, 0.29) is 17.2 Å². The summed E-state index contributed by atoms with van der Waals surface area (Å²) in [4.78, 5) is 27.4. The van der Waals surface area contributed by atoms with Crippen LogP contribution in [0.2, 0.25) is 5.02 Å². The zero-order chi connectivity index (χ0) is 20.5. The van der Waals surface area contributed by atoms with E-state index in [9.17, 15) is 9.59 Å². The number of fused-ring (bicyclic) bond motifs is 1. The van der Waals surface area contributed by atoms with Crippen molar-refractivity contribution in [2.75, 3.05) is 24.5 Å². The molecule has 1 aromatic heterocycles. The van der Waals surface area contributed by atoms with Gasteiger partial charge in [0.05, 0.1) is 5.39 Å². The van der Waals surface area contributed by atoms with Gasteiger partial charge in [-0.1, -0.05) is 35.9 Å². The van der Waals surface area contributed by atoms with Gasteiger partial charge >= 0.3 is 0 Å². The van der Waals surface area contributed by atoms with Crippen molar-refractivity contribution in [1.29, 1.82) is 0 Å². The van der Waals surface area contributed by atoms with Gasteiger partial charge in [-0.15, -0.1) is 0 Å². The van der Waals surface area contributed by atoms with E-state index in [4.69, 9.17) is 11.6 Å². The van der Waals surface area contributed by atoms with Crippen molar-refractivity contribution in [2.24, 2.45) is 13.0 Å². The summed E-state index contributed by atoms with van der Waals surface area (Å²) < 4.78 is 1.22. The van der Waals surface area contributed by atoms with Crippen LogP contribution in [0.25, 0.3) is 10.8 Å². The maximum Gasteiger partial charge on any atom is 0.274 e. The molecule has 2 heterocycles. The van der Waals surface area contributed by atoms with E-state index < -0.39 is 0 Å². The van der Waals surface area contributed by atoms with Crippen LogP contribution in [-0.4, -0.2) is 35.3 Å². The summed E-state index contributed by atoms with van der Waals surface area (Å²) in [6, 6.07) is 13.0. The van der Waals surface area contributed by atoms with E-state index in [1.54, 1.807) is 25.2 Å². The van der Waals surface area contributed by atoms with E-state index in [1.165, 1.54) is 10.2 Å². The molecule has 1 aliphatic rings. The van der Waals surface area contributed by atoms with Crippen molar-refractivity contribution in [3.8, 4) is 0 Å². The molecule has 150 valence electrons. The molecule has 29 heavy (non-hydrogen) atoms. The molecule has 0 spiro atoms. The first kappa shape index (κ1) is 19.5. The molecule has 0 radical (unpaired) electrons. The zero-order valence-electron chi connectivity index (χ0n) is 16.5. The molecule has 1 fully saturated rings. The summed E-state index contributed by atoms with van der Waals surface area (Å²) in [5.74, 6) is 0.0883. The highest BCUT2D eigenvalue weighted by Gasteiger charge is 2.25. The third kappa shape index (κ3) is 3.85. The molecule has 1 amide bonds. The van der Waals surface area contributed by atoms with Gasteiger partial charge in [-0.25, -0.2) is 4.68 Å². The monoisotopic (exact) mass is 410 g/mol. The predicted octanol–water partition coefficient (Wildman–Crippen LogP) is 3.15. The Hall–Kier alpha value is -2.86. The van der Waals surface area contributed by atoms with Crippen molar-refractivity contribution >= 4 is 34.0 Å². The molecular formula is C22H23ClN4O2. The van der Waals surface area contributed by atoms with Gasteiger partial charge in [-0.2, -0.15) is 5.10 Å². The number of amides is 1. The van der Waals surface area contributed by atoms with Gasteiger partial charge in [0, 0.05) is 42.8 Å². The fourth-order valence-electron chi connectivity index (χ4n) is 3.93. The van der Waals surface area contributed by atoms with Crippen molar-refractivity contribution < 1.29 is 4.79 Å². The molecule has 3 aromatic rings. The van der Waals surface area contributed by atoms with Crippen LogP contribution in [0.3, 0.4) is 0 Å². The van der Waals surface area contributed by atoms with Gasteiger partial charge in [0.2, 0.25) is 0 Å². The van der Waals surface area contributed by atoms with E-state index in [0.717, 1.165) is 30.2 Å². The third-order valence-corrected chi connectivity index (χ3v) is 5.76. The number of rotatable bonds is 4. The van der Waals surface area contributed by atoms with Crippen LogP contribution in [0.1, 0.15) is 22.5 Å². The number of carbonyl (C=O) groups excluding carboxylic acids is 1. The van der Waals surface area contributed by atoms with Crippen LogP contribution < -0.4 is 15.8 Å². The molecule has 6 nitrogen and oxygen atoms in total. The number of benzene rings is 2. The molecule has 0 aliphatic carbocycles.